The van der Waals surface area contributed by atoms with Crippen molar-refractivity contribution in [3.63, 3.8) is 0 Å². The van der Waals surface area contributed by atoms with Gasteiger partial charge in [-0.3, -0.25) is 19.2 Å². The maximum atomic E-state index is 13.2. The van der Waals surface area contributed by atoms with E-state index in [1.54, 1.807) is 18.2 Å². The van der Waals surface area contributed by atoms with Crippen molar-refractivity contribution in [3.8, 4) is 0 Å². The molecule has 0 aromatic heterocycles. The molecule has 0 saturated heterocycles. The summed E-state index contributed by atoms with van der Waals surface area (Å²) in [6.07, 6.45) is 0. The molecule has 3 aromatic carbocycles. The van der Waals surface area contributed by atoms with Gasteiger partial charge in [0.15, 0.2) is 0 Å². The Kier molecular flexibility index (Phi) is 6.79. The Bertz CT molecular complexity index is 1200. The molecule has 31 heavy (non-hydrogen) atoms. The third-order valence-corrected chi connectivity index (χ3v) is 6.34. The molecule has 0 unspecified atom stereocenters. The van der Waals surface area contributed by atoms with Crippen LogP contribution in [0.4, 0.5) is 17.1 Å². The van der Waals surface area contributed by atoms with Gasteiger partial charge >= 0.3 is 0 Å². The van der Waals surface area contributed by atoms with Crippen LogP contribution in [0.3, 0.4) is 0 Å². The first-order valence-corrected chi connectivity index (χ1v) is 10.9. The molecular weight excluding hydrogens is 465 g/mol. The molecule has 0 saturated carbocycles. The second-order valence-corrected chi connectivity index (χ2v) is 9.04. The van der Waals surface area contributed by atoms with E-state index < -0.39 is 27.4 Å². The number of hydrogen-bond donors (Lipinski definition) is 1. The van der Waals surface area contributed by atoms with Gasteiger partial charge in [-0.2, -0.15) is 0 Å². The van der Waals surface area contributed by atoms with E-state index in [0.717, 1.165) is 16.4 Å². The molecule has 3 aromatic rings. The summed E-state index contributed by atoms with van der Waals surface area (Å²) in [6.45, 7) is -0.584. The van der Waals surface area contributed by atoms with Crippen LogP contribution in [0, 0.1) is 10.1 Å². The topological polar surface area (TPSA) is 110 Å². The minimum absolute atomic E-state index is 0.0352. The van der Waals surface area contributed by atoms with Crippen LogP contribution < -0.4 is 9.62 Å². The number of halogens is 2. The van der Waals surface area contributed by atoms with Crippen molar-refractivity contribution in [3.05, 3.63) is 93.0 Å². The van der Waals surface area contributed by atoms with Gasteiger partial charge in [-0.1, -0.05) is 41.4 Å². The number of carbonyl (C=O) groups is 1. The fourth-order valence-corrected chi connectivity index (χ4v) is 4.70. The highest BCUT2D eigenvalue weighted by Crippen LogP contribution is 2.27. The molecule has 0 heterocycles. The molecule has 0 aliphatic heterocycles. The molecule has 3 rings (SSSR count). The number of nitro benzene ring substituents is 1. The number of rotatable bonds is 7. The molecule has 160 valence electrons. The van der Waals surface area contributed by atoms with Crippen molar-refractivity contribution in [1.29, 1.82) is 0 Å². The van der Waals surface area contributed by atoms with Gasteiger partial charge in [-0.15, -0.1) is 0 Å². The van der Waals surface area contributed by atoms with Gasteiger partial charge in [0.25, 0.3) is 15.7 Å². The van der Waals surface area contributed by atoms with Gasteiger partial charge in [0.1, 0.15) is 6.54 Å². The number of carbonyl (C=O) groups excluding carboxylic acids is 1. The van der Waals surface area contributed by atoms with E-state index in [9.17, 15) is 23.3 Å². The van der Waals surface area contributed by atoms with Crippen LogP contribution >= 0.6 is 23.2 Å². The monoisotopic (exact) mass is 479 g/mol. The summed E-state index contributed by atoms with van der Waals surface area (Å²) in [6, 6.07) is 16.8. The summed E-state index contributed by atoms with van der Waals surface area (Å²) in [5.41, 5.74) is 0.177. The van der Waals surface area contributed by atoms with Gasteiger partial charge in [0, 0.05) is 27.9 Å². The van der Waals surface area contributed by atoms with E-state index in [0.29, 0.717) is 15.7 Å². The summed E-state index contributed by atoms with van der Waals surface area (Å²) >= 11 is 11.9. The number of nitro groups is 1. The number of nitrogens with one attached hydrogen (secondary N) is 1. The zero-order valence-electron chi connectivity index (χ0n) is 15.7. The highest BCUT2D eigenvalue weighted by Gasteiger charge is 2.27. The van der Waals surface area contributed by atoms with Gasteiger partial charge in [0.2, 0.25) is 5.91 Å². The third-order valence-electron chi connectivity index (χ3n) is 4.11. The molecule has 0 aliphatic carbocycles. The van der Waals surface area contributed by atoms with Crippen LogP contribution in [0.2, 0.25) is 10.0 Å². The van der Waals surface area contributed by atoms with Crippen LogP contribution in [-0.4, -0.2) is 25.8 Å². The van der Waals surface area contributed by atoms with E-state index in [1.807, 2.05) is 0 Å². The molecule has 0 spiro atoms. The molecule has 0 bridgehead atoms. The number of hydrogen-bond acceptors (Lipinski definition) is 5. The zero-order chi connectivity index (χ0) is 22.6. The van der Waals surface area contributed by atoms with E-state index in [-0.39, 0.29) is 16.3 Å². The lowest BCUT2D eigenvalue weighted by molar-refractivity contribution is -0.384. The van der Waals surface area contributed by atoms with Gasteiger partial charge in [-0.25, -0.2) is 8.42 Å². The first-order chi connectivity index (χ1) is 14.7. The Hall–Kier alpha value is -3.14. The first kappa shape index (κ1) is 22.5. The average molecular weight is 480 g/mol. The van der Waals surface area contributed by atoms with Gasteiger partial charge < -0.3 is 5.32 Å². The molecule has 11 heteroatoms. The van der Waals surface area contributed by atoms with Crippen molar-refractivity contribution in [2.24, 2.45) is 0 Å². The number of amides is 1. The maximum Gasteiger partial charge on any atom is 0.269 e. The number of non-ortho nitro benzene ring substituents is 1. The van der Waals surface area contributed by atoms with E-state index in [2.05, 4.69) is 5.32 Å². The Balaban J connectivity index is 1.95. The molecule has 0 radical (unpaired) electrons. The third kappa shape index (κ3) is 5.52. The van der Waals surface area contributed by atoms with E-state index in [4.69, 9.17) is 23.2 Å². The lowest BCUT2D eigenvalue weighted by Crippen LogP contribution is -2.38. The average Bonchev–Trinajstić information content (AvgIpc) is 2.72. The lowest BCUT2D eigenvalue weighted by atomic mass is 10.3. The molecule has 0 fully saturated rings. The maximum absolute atomic E-state index is 13.2. The summed E-state index contributed by atoms with van der Waals surface area (Å²) in [7, 11) is -4.14. The largest absolute Gasteiger partial charge is 0.324 e. The quantitative estimate of drug-likeness (QED) is 0.388. The SMILES string of the molecule is O=C(CN(c1ccc([N+](=O)[O-])cc1)S(=O)(=O)c1ccccc1)Nc1cc(Cl)cc(Cl)c1. The molecule has 1 N–H and O–H groups in total. The smallest absolute Gasteiger partial charge is 0.269 e. The standard InChI is InChI=1S/C20H15Cl2N3O5S/c21-14-10-15(22)12-16(11-14)23-20(26)13-24(17-6-8-18(9-7-17)25(27)28)31(29,30)19-4-2-1-3-5-19/h1-12H,13H2,(H,23,26). The molecule has 1 amide bonds. The van der Waals surface area contributed by atoms with E-state index in [1.165, 1.54) is 42.5 Å². The van der Waals surface area contributed by atoms with Crippen LogP contribution in [0.15, 0.2) is 77.7 Å². The minimum Gasteiger partial charge on any atom is -0.324 e. The molecule has 0 atom stereocenters. The minimum atomic E-state index is -4.14. The molecule has 8 nitrogen and oxygen atoms in total. The molecule has 0 aliphatic rings. The summed E-state index contributed by atoms with van der Waals surface area (Å²) in [4.78, 5) is 22.9. The fraction of sp³-hybridized carbons (Fsp3) is 0.0500. The van der Waals surface area contributed by atoms with Crippen LogP contribution in [0.5, 0.6) is 0 Å². The highest BCUT2D eigenvalue weighted by atomic mass is 35.5. The van der Waals surface area contributed by atoms with Crippen molar-refractivity contribution in [2.45, 2.75) is 4.90 Å². The Morgan fingerprint density at radius 1 is 0.968 bits per heavy atom. The second-order valence-electron chi connectivity index (χ2n) is 6.30. The Morgan fingerprint density at radius 2 is 1.55 bits per heavy atom. The van der Waals surface area contributed by atoms with Crippen molar-refractivity contribution >= 4 is 56.2 Å². The summed E-state index contributed by atoms with van der Waals surface area (Å²) < 4.78 is 27.3. The van der Waals surface area contributed by atoms with Gasteiger partial charge in [-0.05, 0) is 42.5 Å². The highest BCUT2D eigenvalue weighted by molar-refractivity contribution is 7.92. The van der Waals surface area contributed by atoms with Crippen LogP contribution in [0.1, 0.15) is 0 Å². The predicted octanol–water partition coefficient (Wildman–Crippen LogP) is 4.74. The van der Waals surface area contributed by atoms with Crippen LogP contribution in [0.25, 0.3) is 0 Å². The first-order valence-electron chi connectivity index (χ1n) is 8.75. The zero-order valence-corrected chi connectivity index (χ0v) is 18.1. The normalized spacial score (nSPS) is 11.0. The number of sulfonamides is 1. The number of nitrogens with zero attached hydrogens (tertiary/aromatic N) is 2. The van der Waals surface area contributed by atoms with Crippen molar-refractivity contribution in [1.82, 2.24) is 0 Å². The van der Waals surface area contributed by atoms with Crippen molar-refractivity contribution < 1.29 is 18.1 Å². The van der Waals surface area contributed by atoms with E-state index >= 15 is 0 Å². The summed E-state index contributed by atoms with van der Waals surface area (Å²) in [5, 5.41) is 14.1. The fourth-order valence-electron chi connectivity index (χ4n) is 2.73. The molecular formula is C20H15Cl2N3O5S. The van der Waals surface area contributed by atoms with Crippen LogP contribution in [-0.2, 0) is 14.8 Å². The lowest BCUT2D eigenvalue weighted by Gasteiger charge is -2.24. The number of anilines is 2. The van der Waals surface area contributed by atoms with Crippen molar-refractivity contribution in [2.75, 3.05) is 16.2 Å². The Labute approximate surface area is 188 Å². The Morgan fingerprint density at radius 3 is 2.10 bits per heavy atom. The summed E-state index contributed by atoms with van der Waals surface area (Å²) in [5.74, 6) is -0.656. The second kappa shape index (κ2) is 9.34. The van der Waals surface area contributed by atoms with Gasteiger partial charge in [0.05, 0.1) is 15.5 Å². The number of benzene rings is 3. The predicted molar refractivity (Wildman–Crippen MR) is 119 cm³/mol.